The van der Waals surface area contributed by atoms with Crippen molar-refractivity contribution in [3.05, 3.63) is 59.1 Å². The summed E-state index contributed by atoms with van der Waals surface area (Å²) in [6.45, 7) is 6.15. The maximum Gasteiger partial charge on any atom is 0.319 e. The van der Waals surface area contributed by atoms with Crippen LogP contribution in [0.1, 0.15) is 24.2 Å². The van der Waals surface area contributed by atoms with Crippen molar-refractivity contribution in [2.75, 3.05) is 42.9 Å². The Morgan fingerprint density at radius 3 is 2.28 bits per heavy atom. The number of urea groups is 1. The van der Waals surface area contributed by atoms with E-state index in [0.717, 1.165) is 5.69 Å². The van der Waals surface area contributed by atoms with E-state index in [1.165, 1.54) is 0 Å². The Kier molecular flexibility index (Phi) is 7.94. The Labute approximate surface area is 192 Å². The fourth-order valence-electron chi connectivity index (χ4n) is 3.44. The van der Waals surface area contributed by atoms with Gasteiger partial charge in [0.2, 0.25) is 5.91 Å². The Morgan fingerprint density at radius 1 is 0.969 bits per heavy atom. The lowest BCUT2D eigenvalue weighted by molar-refractivity contribution is -0.130. The zero-order valence-electron chi connectivity index (χ0n) is 18.2. The van der Waals surface area contributed by atoms with Crippen molar-refractivity contribution in [1.29, 1.82) is 0 Å². The molecule has 0 atom stereocenters. The minimum Gasteiger partial charge on any atom is -0.368 e. The number of piperazine rings is 1. The van der Waals surface area contributed by atoms with E-state index in [-0.39, 0.29) is 18.5 Å². The number of nitrogens with zero attached hydrogens (tertiary/aromatic N) is 2. The van der Waals surface area contributed by atoms with Crippen molar-refractivity contribution < 1.29 is 14.4 Å². The number of carbonyl (C=O) groups is 3. The maximum atomic E-state index is 12.6. The van der Waals surface area contributed by atoms with Gasteiger partial charge in [0.15, 0.2) is 0 Å². The van der Waals surface area contributed by atoms with Gasteiger partial charge in [0.1, 0.15) is 0 Å². The highest BCUT2D eigenvalue weighted by Gasteiger charge is 2.22. The van der Waals surface area contributed by atoms with Crippen LogP contribution in [0.3, 0.4) is 0 Å². The molecule has 0 bridgehead atoms. The average Bonchev–Trinajstić information content (AvgIpc) is 2.77. The molecule has 1 aliphatic heterocycles. The van der Waals surface area contributed by atoms with Gasteiger partial charge in [-0.15, -0.1) is 0 Å². The zero-order valence-corrected chi connectivity index (χ0v) is 19.0. The summed E-state index contributed by atoms with van der Waals surface area (Å²) >= 11 is 5.94. The maximum absolute atomic E-state index is 12.6. The van der Waals surface area contributed by atoms with Gasteiger partial charge in [-0.25, -0.2) is 4.79 Å². The number of benzene rings is 2. The third-order valence-electron chi connectivity index (χ3n) is 5.06. The average molecular weight is 458 g/mol. The first kappa shape index (κ1) is 23.4. The number of hydrogen-bond donors (Lipinski definition) is 3. The molecule has 8 nitrogen and oxygen atoms in total. The van der Waals surface area contributed by atoms with E-state index in [1.54, 1.807) is 29.2 Å². The fraction of sp³-hybridized carbons (Fsp3) is 0.348. The van der Waals surface area contributed by atoms with Crippen LogP contribution in [0, 0.1) is 0 Å². The number of anilines is 2. The number of halogens is 1. The number of carbonyl (C=O) groups excluding carboxylic acids is 3. The summed E-state index contributed by atoms with van der Waals surface area (Å²) in [5.41, 5.74) is 1.75. The Bertz CT molecular complexity index is 956. The van der Waals surface area contributed by atoms with Crippen molar-refractivity contribution in [1.82, 2.24) is 15.5 Å². The fourth-order valence-corrected chi connectivity index (χ4v) is 3.57. The molecule has 2 aromatic carbocycles. The highest BCUT2D eigenvalue weighted by Crippen LogP contribution is 2.19. The van der Waals surface area contributed by atoms with Gasteiger partial charge in [0, 0.05) is 42.9 Å². The second-order valence-electron chi connectivity index (χ2n) is 7.83. The van der Waals surface area contributed by atoms with Crippen molar-refractivity contribution in [2.24, 2.45) is 0 Å². The molecule has 1 heterocycles. The van der Waals surface area contributed by atoms with Crippen LogP contribution in [-0.4, -0.2) is 61.5 Å². The predicted octanol–water partition coefficient (Wildman–Crippen LogP) is 2.95. The van der Waals surface area contributed by atoms with Gasteiger partial charge in [0.05, 0.1) is 17.8 Å². The molecule has 0 saturated carbocycles. The first-order valence-corrected chi connectivity index (χ1v) is 10.9. The second kappa shape index (κ2) is 10.9. The number of para-hydroxylation sites is 1. The third-order valence-corrected chi connectivity index (χ3v) is 5.32. The third kappa shape index (κ3) is 6.37. The van der Waals surface area contributed by atoms with Crippen LogP contribution in [0.15, 0.2) is 48.5 Å². The van der Waals surface area contributed by atoms with Gasteiger partial charge >= 0.3 is 6.03 Å². The summed E-state index contributed by atoms with van der Waals surface area (Å²) in [4.78, 5) is 41.2. The Hall–Kier alpha value is -3.26. The topological polar surface area (TPSA) is 93.8 Å². The standard InChI is InChI=1S/C23H28ClN5O3/c1-16(2)26-23(32)27-20-6-4-3-5-19(20)22(31)25-15-21(30)29-13-11-28(12-14-29)18-9-7-17(24)8-10-18/h3-10,16H,11-15H2,1-2H3,(H,25,31)(H2,26,27,32). The van der Waals surface area contributed by atoms with Crippen molar-refractivity contribution in [3.63, 3.8) is 0 Å². The predicted molar refractivity (Wildman–Crippen MR) is 126 cm³/mol. The molecule has 1 aliphatic rings. The molecule has 4 amide bonds. The van der Waals surface area contributed by atoms with Crippen molar-refractivity contribution in [3.8, 4) is 0 Å². The first-order chi connectivity index (χ1) is 15.3. The summed E-state index contributed by atoms with van der Waals surface area (Å²) in [6, 6.07) is 13.9. The number of hydrogen-bond acceptors (Lipinski definition) is 4. The van der Waals surface area contributed by atoms with Crippen LogP contribution in [0.4, 0.5) is 16.2 Å². The summed E-state index contributed by atoms with van der Waals surface area (Å²) in [7, 11) is 0. The number of nitrogens with one attached hydrogen (secondary N) is 3. The van der Waals surface area contributed by atoms with Crippen LogP contribution in [0.25, 0.3) is 0 Å². The molecule has 0 aliphatic carbocycles. The van der Waals surface area contributed by atoms with E-state index in [2.05, 4.69) is 20.9 Å². The summed E-state index contributed by atoms with van der Waals surface area (Å²) < 4.78 is 0. The van der Waals surface area contributed by atoms with E-state index in [1.807, 2.05) is 38.1 Å². The molecular formula is C23H28ClN5O3. The smallest absolute Gasteiger partial charge is 0.319 e. The lowest BCUT2D eigenvalue weighted by atomic mass is 10.1. The van der Waals surface area contributed by atoms with Gasteiger partial charge in [-0.3, -0.25) is 9.59 Å². The van der Waals surface area contributed by atoms with E-state index in [4.69, 9.17) is 11.6 Å². The molecular weight excluding hydrogens is 430 g/mol. The van der Waals surface area contributed by atoms with Crippen LogP contribution in [0.5, 0.6) is 0 Å². The largest absolute Gasteiger partial charge is 0.368 e. The Morgan fingerprint density at radius 2 is 1.62 bits per heavy atom. The van der Waals surface area contributed by atoms with Crippen LogP contribution >= 0.6 is 11.6 Å². The van der Waals surface area contributed by atoms with Crippen LogP contribution < -0.4 is 20.9 Å². The molecule has 1 saturated heterocycles. The van der Waals surface area contributed by atoms with Crippen LogP contribution in [0.2, 0.25) is 5.02 Å². The minimum absolute atomic E-state index is 0.0335. The lowest BCUT2D eigenvalue weighted by Crippen LogP contribution is -2.51. The van der Waals surface area contributed by atoms with E-state index >= 15 is 0 Å². The quantitative estimate of drug-likeness (QED) is 0.621. The van der Waals surface area contributed by atoms with Gasteiger partial charge in [-0.2, -0.15) is 0 Å². The molecule has 9 heteroatoms. The van der Waals surface area contributed by atoms with E-state index in [0.29, 0.717) is 42.5 Å². The highest BCUT2D eigenvalue weighted by atomic mass is 35.5. The molecule has 3 rings (SSSR count). The highest BCUT2D eigenvalue weighted by molar-refractivity contribution is 6.30. The van der Waals surface area contributed by atoms with Gasteiger partial charge < -0.3 is 25.8 Å². The number of rotatable bonds is 6. The molecule has 0 unspecified atom stereocenters. The SMILES string of the molecule is CC(C)NC(=O)Nc1ccccc1C(=O)NCC(=O)N1CCN(c2ccc(Cl)cc2)CC1. The van der Waals surface area contributed by atoms with Crippen LogP contribution in [-0.2, 0) is 4.79 Å². The van der Waals surface area contributed by atoms with Gasteiger partial charge in [-0.05, 0) is 50.2 Å². The van der Waals surface area contributed by atoms with E-state index < -0.39 is 11.9 Å². The molecule has 0 radical (unpaired) electrons. The van der Waals surface area contributed by atoms with Crippen molar-refractivity contribution in [2.45, 2.75) is 19.9 Å². The first-order valence-electron chi connectivity index (χ1n) is 10.6. The Balaban J connectivity index is 1.51. The van der Waals surface area contributed by atoms with Crippen molar-refractivity contribution >= 4 is 40.8 Å². The molecule has 32 heavy (non-hydrogen) atoms. The molecule has 0 spiro atoms. The molecule has 2 aromatic rings. The summed E-state index contributed by atoms with van der Waals surface area (Å²) in [5.74, 6) is -0.560. The molecule has 0 aromatic heterocycles. The number of amides is 4. The molecule has 3 N–H and O–H groups in total. The van der Waals surface area contributed by atoms with Gasteiger partial charge in [0.25, 0.3) is 5.91 Å². The monoisotopic (exact) mass is 457 g/mol. The minimum atomic E-state index is -0.418. The van der Waals surface area contributed by atoms with Gasteiger partial charge in [-0.1, -0.05) is 23.7 Å². The molecule has 1 fully saturated rings. The van der Waals surface area contributed by atoms with E-state index in [9.17, 15) is 14.4 Å². The normalized spacial score (nSPS) is 13.6. The lowest BCUT2D eigenvalue weighted by Gasteiger charge is -2.36. The molecule has 170 valence electrons. The summed E-state index contributed by atoms with van der Waals surface area (Å²) in [5, 5.41) is 8.75. The zero-order chi connectivity index (χ0) is 23.1. The second-order valence-corrected chi connectivity index (χ2v) is 8.26. The summed E-state index contributed by atoms with van der Waals surface area (Å²) in [6.07, 6.45) is 0.